The first kappa shape index (κ1) is 16.6. The normalized spacial score (nSPS) is 16.2. The van der Waals surface area contributed by atoms with Gasteiger partial charge < -0.3 is 9.84 Å². The van der Waals surface area contributed by atoms with E-state index in [0.717, 1.165) is 19.1 Å². The lowest BCUT2D eigenvalue weighted by molar-refractivity contribution is 0.0697. The van der Waals surface area contributed by atoms with E-state index in [9.17, 15) is 13.2 Å². The summed E-state index contributed by atoms with van der Waals surface area (Å²) >= 11 is 0. The molecule has 0 heterocycles. The van der Waals surface area contributed by atoms with Crippen LogP contribution in [0.25, 0.3) is 0 Å². The summed E-state index contributed by atoms with van der Waals surface area (Å²) in [6, 6.07) is 4.19. The third kappa shape index (κ3) is 4.91. The van der Waals surface area contributed by atoms with E-state index in [4.69, 9.17) is 9.84 Å². The molecule has 0 atom stereocenters. The molecule has 0 bridgehead atoms. The Morgan fingerprint density at radius 3 is 2.59 bits per heavy atom. The molecule has 122 valence electrons. The molecule has 0 amide bonds. The molecule has 1 aromatic carbocycles. The highest BCUT2D eigenvalue weighted by Crippen LogP contribution is 2.29. The third-order valence-corrected chi connectivity index (χ3v) is 4.31. The number of carbonyl (C=O) groups is 1. The standard InChI is InChI=1S/C15H21NO5S/c1-22(19,20)16-13-9-12(15(17)18)7-8-14(13)21-10-11-5-3-2-4-6-11/h7-9,11,16H,2-6,10H2,1H3,(H,17,18). The quantitative estimate of drug-likeness (QED) is 0.838. The first-order valence-electron chi connectivity index (χ1n) is 7.33. The van der Waals surface area contributed by atoms with Crippen molar-refractivity contribution in [2.24, 2.45) is 5.92 Å². The minimum Gasteiger partial charge on any atom is -0.491 e. The zero-order chi connectivity index (χ0) is 16.2. The largest absolute Gasteiger partial charge is 0.491 e. The third-order valence-electron chi connectivity index (χ3n) is 3.72. The van der Waals surface area contributed by atoms with Crippen LogP contribution in [0.3, 0.4) is 0 Å². The van der Waals surface area contributed by atoms with Gasteiger partial charge in [0.1, 0.15) is 5.75 Å². The molecular weight excluding hydrogens is 306 g/mol. The molecule has 0 radical (unpaired) electrons. The minimum atomic E-state index is -3.51. The molecule has 0 unspecified atom stereocenters. The van der Waals surface area contributed by atoms with Crippen LogP contribution < -0.4 is 9.46 Å². The van der Waals surface area contributed by atoms with Gasteiger partial charge >= 0.3 is 5.97 Å². The van der Waals surface area contributed by atoms with E-state index in [0.29, 0.717) is 18.3 Å². The van der Waals surface area contributed by atoms with Gasteiger partial charge in [0, 0.05) is 0 Å². The second-order valence-electron chi connectivity index (χ2n) is 5.71. The average Bonchev–Trinajstić information content (AvgIpc) is 2.45. The number of hydrogen-bond acceptors (Lipinski definition) is 4. The van der Waals surface area contributed by atoms with Gasteiger partial charge in [0.2, 0.25) is 10.0 Å². The zero-order valence-electron chi connectivity index (χ0n) is 12.5. The molecule has 0 aliphatic heterocycles. The summed E-state index contributed by atoms with van der Waals surface area (Å²) in [6.45, 7) is 0.519. The molecule has 1 saturated carbocycles. The van der Waals surface area contributed by atoms with Gasteiger partial charge in [-0.15, -0.1) is 0 Å². The van der Waals surface area contributed by atoms with Crippen molar-refractivity contribution >= 4 is 21.7 Å². The highest BCUT2D eigenvalue weighted by molar-refractivity contribution is 7.92. The van der Waals surface area contributed by atoms with Crippen molar-refractivity contribution in [3.8, 4) is 5.75 Å². The van der Waals surface area contributed by atoms with Crippen LogP contribution >= 0.6 is 0 Å². The van der Waals surface area contributed by atoms with Gasteiger partial charge in [0.25, 0.3) is 0 Å². The number of ether oxygens (including phenoxy) is 1. The molecule has 1 aromatic rings. The van der Waals surface area contributed by atoms with Crippen molar-refractivity contribution in [1.82, 2.24) is 0 Å². The van der Waals surface area contributed by atoms with Crippen LogP contribution in [-0.4, -0.2) is 32.4 Å². The van der Waals surface area contributed by atoms with Gasteiger partial charge in [0.15, 0.2) is 0 Å². The average molecular weight is 327 g/mol. The number of hydrogen-bond donors (Lipinski definition) is 2. The van der Waals surface area contributed by atoms with E-state index in [1.54, 1.807) is 0 Å². The fraction of sp³-hybridized carbons (Fsp3) is 0.533. The minimum absolute atomic E-state index is 0.0103. The Balaban J connectivity index is 2.15. The number of carboxylic acid groups (broad SMARTS) is 1. The summed E-state index contributed by atoms with van der Waals surface area (Å²) in [6.07, 6.45) is 6.89. The Morgan fingerprint density at radius 2 is 2.00 bits per heavy atom. The first-order chi connectivity index (χ1) is 10.3. The number of sulfonamides is 1. The van der Waals surface area contributed by atoms with E-state index in [2.05, 4.69) is 4.72 Å². The lowest BCUT2D eigenvalue weighted by Gasteiger charge is -2.22. The zero-order valence-corrected chi connectivity index (χ0v) is 13.4. The van der Waals surface area contributed by atoms with Crippen LogP contribution in [-0.2, 0) is 10.0 Å². The second kappa shape index (κ2) is 7.00. The molecule has 6 nitrogen and oxygen atoms in total. The number of nitrogens with one attached hydrogen (secondary N) is 1. The molecule has 1 fully saturated rings. The van der Waals surface area contributed by atoms with Gasteiger partial charge in [-0.25, -0.2) is 13.2 Å². The number of carboxylic acids is 1. The summed E-state index contributed by atoms with van der Waals surface area (Å²) in [7, 11) is -3.51. The van der Waals surface area contributed by atoms with E-state index in [1.807, 2.05) is 0 Å². The maximum absolute atomic E-state index is 11.4. The van der Waals surface area contributed by atoms with Crippen LogP contribution in [0.5, 0.6) is 5.75 Å². The van der Waals surface area contributed by atoms with Gasteiger partial charge in [-0.2, -0.15) is 0 Å². The van der Waals surface area contributed by atoms with Crippen molar-refractivity contribution in [2.45, 2.75) is 32.1 Å². The first-order valence-corrected chi connectivity index (χ1v) is 9.22. The summed E-state index contributed by atoms with van der Waals surface area (Å²) in [4.78, 5) is 11.0. The monoisotopic (exact) mass is 327 g/mol. The molecule has 0 saturated heterocycles. The summed E-state index contributed by atoms with van der Waals surface area (Å²) in [5.41, 5.74) is 0.175. The molecule has 1 aliphatic rings. The SMILES string of the molecule is CS(=O)(=O)Nc1cc(C(=O)O)ccc1OCC1CCCCC1. The predicted molar refractivity (Wildman–Crippen MR) is 83.9 cm³/mol. The Morgan fingerprint density at radius 1 is 1.32 bits per heavy atom. The van der Waals surface area contributed by atoms with Crippen molar-refractivity contribution in [3.63, 3.8) is 0 Å². The van der Waals surface area contributed by atoms with Crippen LogP contribution in [0.2, 0.25) is 0 Å². The molecule has 0 aromatic heterocycles. The Kier molecular flexibility index (Phi) is 5.28. The number of benzene rings is 1. The molecule has 0 spiro atoms. The van der Waals surface area contributed by atoms with Crippen LogP contribution in [0.4, 0.5) is 5.69 Å². The molecular formula is C15H21NO5S. The molecule has 2 N–H and O–H groups in total. The fourth-order valence-electron chi connectivity index (χ4n) is 2.63. The van der Waals surface area contributed by atoms with Gasteiger partial charge in [0.05, 0.1) is 24.1 Å². The van der Waals surface area contributed by atoms with Crippen LogP contribution in [0, 0.1) is 5.92 Å². The van der Waals surface area contributed by atoms with Gasteiger partial charge in [-0.1, -0.05) is 19.3 Å². The summed E-state index contributed by atoms with van der Waals surface area (Å²) in [5.74, 6) is -0.282. The lowest BCUT2D eigenvalue weighted by atomic mass is 9.90. The van der Waals surface area contributed by atoms with Crippen molar-refractivity contribution in [3.05, 3.63) is 23.8 Å². The van der Waals surface area contributed by atoms with E-state index in [-0.39, 0.29) is 11.3 Å². The predicted octanol–water partition coefficient (Wildman–Crippen LogP) is 2.72. The maximum atomic E-state index is 11.4. The highest BCUT2D eigenvalue weighted by atomic mass is 32.2. The summed E-state index contributed by atoms with van der Waals surface area (Å²) in [5, 5.41) is 9.01. The van der Waals surface area contributed by atoms with Crippen LogP contribution in [0.15, 0.2) is 18.2 Å². The molecule has 22 heavy (non-hydrogen) atoms. The Labute approximate surface area is 130 Å². The lowest BCUT2D eigenvalue weighted by Crippen LogP contribution is -2.17. The topological polar surface area (TPSA) is 92.7 Å². The van der Waals surface area contributed by atoms with E-state index in [1.165, 1.54) is 37.5 Å². The van der Waals surface area contributed by atoms with Gasteiger partial charge in [-0.05, 0) is 37.0 Å². The van der Waals surface area contributed by atoms with Gasteiger partial charge in [-0.3, -0.25) is 4.72 Å². The smallest absolute Gasteiger partial charge is 0.335 e. The Hall–Kier alpha value is -1.76. The van der Waals surface area contributed by atoms with Crippen molar-refractivity contribution in [1.29, 1.82) is 0 Å². The number of anilines is 1. The summed E-state index contributed by atoms with van der Waals surface area (Å²) < 4.78 is 30.9. The number of rotatable bonds is 6. The number of aromatic carboxylic acids is 1. The fourth-order valence-corrected chi connectivity index (χ4v) is 3.19. The molecule has 7 heteroatoms. The van der Waals surface area contributed by atoms with Crippen LogP contribution in [0.1, 0.15) is 42.5 Å². The van der Waals surface area contributed by atoms with E-state index < -0.39 is 16.0 Å². The van der Waals surface area contributed by atoms with E-state index >= 15 is 0 Å². The molecule has 1 aliphatic carbocycles. The molecule has 2 rings (SSSR count). The van der Waals surface area contributed by atoms with Crippen molar-refractivity contribution < 1.29 is 23.1 Å². The maximum Gasteiger partial charge on any atom is 0.335 e. The second-order valence-corrected chi connectivity index (χ2v) is 7.45. The van der Waals surface area contributed by atoms with Crippen molar-refractivity contribution in [2.75, 3.05) is 17.6 Å². The highest BCUT2D eigenvalue weighted by Gasteiger charge is 2.17. The Bertz CT molecular complexity index is 635.